The van der Waals surface area contributed by atoms with E-state index in [0.717, 1.165) is 4.47 Å². The number of aromatic hydroxyl groups is 1. The number of phenols is 1. The van der Waals surface area contributed by atoms with Crippen molar-refractivity contribution in [1.29, 1.82) is 0 Å². The zero-order chi connectivity index (χ0) is 18.8. The maximum absolute atomic E-state index is 11.9. The van der Waals surface area contributed by atoms with Gasteiger partial charge in [0, 0.05) is 16.6 Å². The Bertz CT molecular complexity index is 687. The van der Waals surface area contributed by atoms with Gasteiger partial charge in [-0.05, 0) is 42.0 Å². The number of aliphatic carboxylic acids is 1. The van der Waals surface area contributed by atoms with Crippen molar-refractivity contribution in [3.05, 3.63) is 58.6 Å². The van der Waals surface area contributed by atoms with Gasteiger partial charge in [0.15, 0.2) is 0 Å². The Morgan fingerprint density at radius 2 is 1.60 bits per heavy atom. The highest BCUT2D eigenvalue weighted by Crippen LogP contribution is 2.14. The zero-order valence-electron chi connectivity index (χ0n) is 14.0. The predicted molar refractivity (Wildman–Crippen MR) is 101 cm³/mol. The molecule has 0 fully saturated rings. The molecule has 1 atom stereocenters. The van der Waals surface area contributed by atoms with Crippen LogP contribution in [0.25, 0.3) is 0 Å². The van der Waals surface area contributed by atoms with Crippen molar-refractivity contribution in [1.82, 2.24) is 5.32 Å². The van der Waals surface area contributed by atoms with Gasteiger partial charge < -0.3 is 20.8 Å². The molecule has 6 nitrogen and oxygen atoms in total. The first-order valence-corrected chi connectivity index (χ1v) is 8.57. The number of urea groups is 1. The van der Waals surface area contributed by atoms with E-state index in [9.17, 15) is 19.8 Å². The SMILES string of the molecule is CC.O=C(Nc1ccc(Br)cc1)NC(Cc1ccc(O)cc1)C(=O)O. The van der Waals surface area contributed by atoms with Crippen LogP contribution in [0, 0.1) is 0 Å². The molecule has 0 saturated carbocycles. The average Bonchev–Trinajstić information content (AvgIpc) is 2.60. The molecule has 0 bridgehead atoms. The van der Waals surface area contributed by atoms with E-state index in [1.165, 1.54) is 12.1 Å². The van der Waals surface area contributed by atoms with Crippen LogP contribution in [-0.4, -0.2) is 28.3 Å². The van der Waals surface area contributed by atoms with Crippen LogP contribution in [0.1, 0.15) is 19.4 Å². The lowest BCUT2D eigenvalue weighted by Crippen LogP contribution is -2.44. The molecule has 25 heavy (non-hydrogen) atoms. The lowest BCUT2D eigenvalue weighted by Gasteiger charge is -2.15. The summed E-state index contributed by atoms with van der Waals surface area (Å²) in [6, 6.07) is 11.4. The monoisotopic (exact) mass is 408 g/mol. The quantitative estimate of drug-likeness (QED) is 0.600. The summed E-state index contributed by atoms with van der Waals surface area (Å²) in [6.07, 6.45) is 0.114. The molecule has 134 valence electrons. The molecular weight excluding hydrogens is 388 g/mol. The highest BCUT2D eigenvalue weighted by Gasteiger charge is 2.20. The second-order valence-corrected chi connectivity index (χ2v) is 5.78. The van der Waals surface area contributed by atoms with Crippen molar-refractivity contribution in [2.24, 2.45) is 0 Å². The molecular formula is C18H21BrN2O4. The molecule has 0 radical (unpaired) electrons. The lowest BCUT2D eigenvalue weighted by atomic mass is 10.1. The summed E-state index contributed by atoms with van der Waals surface area (Å²) >= 11 is 3.29. The third kappa shape index (κ3) is 7.26. The number of halogens is 1. The highest BCUT2D eigenvalue weighted by atomic mass is 79.9. The number of hydrogen-bond donors (Lipinski definition) is 4. The van der Waals surface area contributed by atoms with Crippen LogP contribution in [0.5, 0.6) is 5.75 Å². The van der Waals surface area contributed by atoms with Crippen molar-refractivity contribution in [3.8, 4) is 5.75 Å². The Kier molecular flexibility index (Phi) is 8.49. The van der Waals surface area contributed by atoms with Gasteiger partial charge in [-0.2, -0.15) is 0 Å². The number of benzene rings is 2. The van der Waals surface area contributed by atoms with Gasteiger partial charge in [0.2, 0.25) is 0 Å². The van der Waals surface area contributed by atoms with Crippen molar-refractivity contribution >= 4 is 33.6 Å². The van der Waals surface area contributed by atoms with Gasteiger partial charge >= 0.3 is 12.0 Å². The van der Waals surface area contributed by atoms with Gasteiger partial charge in [-0.3, -0.25) is 0 Å². The van der Waals surface area contributed by atoms with E-state index in [4.69, 9.17) is 0 Å². The van der Waals surface area contributed by atoms with Crippen LogP contribution >= 0.6 is 15.9 Å². The normalized spacial score (nSPS) is 10.8. The molecule has 0 aliphatic rings. The number of rotatable bonds is 5. The first-order chi connectivity index (χ1) is 11.9. The first-order valence-electron chi connectivity index (χ1n) is 7.78. The van der Waals surface area contributed by atoms with Gasteiger partial charge in [0.25, 0.3) is 0 Å². The Labute approximate surface area is 155 Å². The maximum Gasteiger partial charge on any atom is 0.326 e. The minimum absolute atomic E-state index is 0.0987. The van der Waals surface area contributed by atoms with Crippen LogP contribution in [-0.2, 0) is 11.2 Å². The Balaban J connectivity index is 0.00000151. The number of amides is 2. The molecule has 4 N–H and O–H groups in total. The fraction of sp³-hybridized carbons (Fsp3) is 0.222. The maximum atomic E-state index is 11.9. The second kappa shape index (κ2) is 10.4. The van der Waals surface area contributed by atoms with Gasteiger partial charge in [-0.25, -0.2) is 9.59 Å². The van der Waals surface area contributed by atoms with Crippen molar-refractivity contribution in [2.75, 3.05) is 5.32 Å². The Morgan fingerprint density at radius 1 is 1.04 bits per heavy atom. The molecule has 0 aliphatic heterocycles. The van der Waals surface area contributed by atoms with Crippen LogP contribution in [0.4, 0.5) is 10.5 Å². The molecule has 2 amide bonds. The van der Waals surface area contributed by atoms with E-state index in [-0.39, 0.29) is 12.2 Å². The molecule has 0 saturated heterocycles. The van der Waals surface area contributed by atoms with Gasteiger partial charge in [0.05, 0.1) is 0 Å². The first kappa shape index (κ1) is 20.5. The number of nitrogens with one attached hydrogen (secondary N) is 2. The highest BCUT2D eigenvalue weighted by molar-refractivity contribution is 9.10. The predicted octanol–water partition coefficient (Wildman–Crippen LogP) is 4.00. The minimum Gasteiger partial charge on any atom is -0.508 e. The molecule has 7 heteroatoms. The van der Waals surface area contributed by atoms with Gasteiger partial charge in [0.1, 0.15) is 11.8 Å². The Hall–Kier alpha value is -2.54. The van der Waals surface area contributed by atoms with E-state index in [0.29, 0.717) is 11.3 Å². The second-order valence-electron chi connectivity index (χ2n) is 4.87. The van der Waals surface area contributed by atoms with Crippen LogP contribution in [0.15, 0.2) is 53.0 Å². The van der Waals surface area contributed by atoms with E-state index in [1.54, 1.807) is 36.4 Å². The molecule has 2 rings (SSSR count). The number of carbonyl (C=O) groups excluding carboxylic acids is 1. The molecule has 2 aromatic carbocycles. The molecule has 2 aromatic rings. The fourth-order valence-corrected chi connectivity index (χ4v) is 2.19. The van der Waals surface area contributed by atoms with Gasteiger partial charge in [-0.15, -0.1) is 0 Å². The number of carbonyl (C=O) groups is 2. The average molecular weight is 409 g/mol. The van der Waals surface area contributed by atoms with E-state index < -0.39 is 18.0 Å². The third-order valence-electron chi connectivity index (χ3n) is 3.08. The summed E-state index contributed by atoms with van der Waals surface area (Å²) in [5.74, 6) is -1.04. The van der Waals surface area contributed by atoms with Crippen LogP contribution < -0.4 is 10.6 Å². The topological polar surface area (TPSA) is 98.7 Å². The fourth-order valence-electron chi connectivity index (χ4n) is 1.93. The van der Waals surface area contributed by atoms with Crippen molar-refractivity contribution in [3.63, 3.8) is 0 Å². The summed E-state index contributed by atoms with van der Waals surface area (Å²) in [6.45, 7) is 4.00. The van der Waals surface area contributed by atoms with Crippen LogP contribution in [0.2, 0.25) is 0 Å². The summed E-state index contributed by atoms with van der Waals surface area (Å²) < 4.78 is 0.874. The molecule has 0 aliphatic carbocycles. The van der Waals surface area contributed by atoms with E-state index >= 15 is 0 Å². The minimum atomic E-state index is -1.14. The molecule has 0 spiro atoms. The summed E-state index contributed by atoms with van der Waals surface area (Å²) in [7, 11) is 0. The number of hydrogen-bond acceptors (Lipinski definition) is 3. The van der Waals surface area contributed by atoms with Gasteiger partial charge in [-0.1, -0.05) is 41.9 Å². The third-order valence-corrected chi connectivity index (χ3v) is 3.61. The lowest BCUT2D eigenvalue weighted by molar-refractivity contribution is -0.139. The van der Waals surface area contributed by atoms with Crippen molar-refractivity contribution < 1.29 is 19.8 Å². The number of carboxylic acid groups (broad SMARTS) is 1. The Morgan fingerprint density at radius 3 is 2.12 bits per heavy atom. The van der Waals surface area contributed by atoms with Crippen LogP contribution in [0.3, 0.4) is 0 Å². The standard InChI is InChI=1S/C16H15BrN2O4.C2H6/c17-11-3-5-12(6-4-11)18-16(23)19-14(15(21)22)9-10-1-7-13(20)8-2-10;1-2/h1-8,14,20H,9H2,(H,21,22)(H2,18,19,23);1-2H3. The summed E-state index contributed by atoms with van der Waals surface area (Å²) in [5.41, 5.74) is 1.25. The molecule has 0 aromatic heterocycles. The smallest absolute Gasteiger partial charge is 0.326 e. The molecule has 0 heterocycles. The zero-order valence-corrected chi connectivity index (χ0v) is 15.6. The summed E-state index contributed by atoms with van der Waals surface area (Å²) in [5, 5.41) is 23.5. The van der Waals surface area contributed by atoms with E-state index in [2.05, 4.69) is 26.6 Å². The largest absolute Gasteiger partial charge is 0.508 e. The number of anilines is 1. The van der Waals surface area contributed by atoms with Crippen molar-refractivity contribution in [2.45, 2.75) is 26.3 Å². The summed E-state index contributed by atoms with van der Waals surface area (Å²) in [4.78, 5) is 23.2. The van der Waals surface area contributed by atoms with E-state index in [1.807, 2.05) is 13.8 Å². The number of carboxylic acids is 1. The molecule has 1 unspecified atom stereocenters. The number of phenolic OH excluding ortho intramolecular Hbond substituents is 1.